The molecule has 24 heavy (non-hydrogen) atoms. The number of ether oxygens (including phenoxy) is 3. The highest BCUT2D eigenvalue weighted by atomic mass is 79.9. The van der Waals surface area contributed by atoms with Crippen LogP contribution < -0.4 is 14.8 Å². The van der Waals surface area contributed by atoms with Crippen LogP contribution in [0.1, 0.15) is 28.4 Å². The summed E-state index contributed by atoms with van der Waals surface area (Å²) in [5.74, 6) is 1.11. The van der Waals surface area contributed by atoms with Crippen molar-refractivity contribution in [3.63, 3.8) is 0 Å². The summed E-state index contributed by atoms with van der Waals surface area (Å²) >= 11 is 3.52. The van der Waals surface area contributed by atoms with Crippen LogP contribution in [-0.4, -0.2) is 19.7 Å². The molecule has 0 atom stereocenters. The summed E-state index contributed by atoms with van der Waals surface area (Å²) in [5.41, 5.74) is 3.46. The van der Waals surface area contributed by atoms with E-state index in [1.54, 1.807) is 7.11 Å². The van der Waals surface area contributed by atoms with Crippen molar-refractivity contribution in [3.8, 4) is 11.5 Å². The largest absolute Gasteiger partial charge is 0.493 e. The van der Waals surface area contributed by atoms with Crippen LogP contribution >= 0.6 is 15.9 Å². The quantitative estimate of drug-likeness (QED) is 0.749. The van der Waals surface area contributed by atoms with E-state index in [1.165, 1.54) is 0 Å². The number of halogens is 1. The van der Waals surface area contributed by atoms with Gasteiger partial charge in [0.15, 0.2) is 11.5 Å². The summed E-state index contributed by atoms with van der Waals surface area (Å²) < 4.78 is 16.9. The number of fused-ring (bicyclic) bond motifs is 1. The Balaban J connectivity index is 1.76. The van der Waals surface area contributed by atoms with Gasteiger partial charge in [0.1, 0.15) is 6.61 Å². The van der Waals surface area contributed by atoms with Crippen molar-refractivity contribution in [2.75, 3.05) is 19.0 Å². The molecular formula is C18H18BrNO4. The number of esters is 1. The van der Waals surface area contributed by atoms with E-state index in [0.717, 1.165) is 21.3 Å². The molecule has 1 aliphatic heterocycles. The minimum atomic E-state index is -0.265. The summed E-state index contributed by atoms with van der Waals surface area (Å²) in [6, 6.07) is 9.61. The molecule has 1 aliphatic rings. The van der Waals surface area contributed by atoms with Gasteiger partial charge in [-0.3, -0.25) is 0 Å². The second-order valence-electron chi connectivity index (χ2n) is 5.34. The predicted molar refractivity (Wildman–Crippen MR) is 94.8 cm³/mol. The lowest BCUT2D eigenvalue weighted by molar-refractivity contribution is 0.0535. The number of rotatable bonds is 6. The van der Waals surface area contributed by atoms with Crippen LogP contribution in [0.25, 0.3) is 0 Å². The molecule has 0 radical (unpaired) electrons. The first-order valence-corrected chi connectivity index (χ1v) is 8.44. The number of carbonyl (C=O) groups is 1. The van der Waals surface area contributed by atoms with Crippen LogP contribution in [0.3, 0.4) is 0 Å². The number of hydrogen-bond acceptors (Lipinski definition) is 5. The Labute approximate surface area is 149 Å². The van der Waals surface area contributed by atoms with Crippen molar-refractivity contribution in [3.05, 3.63) is 51.5 Å². The smallest absolute Gasteiger partial charge is 0.338 e. The Morgan fingerprint density at radius 1 is 1.29 bits per heavy atom. The maximum absolute atomic E-state index is 11.6. The second kappa shape index (κ2) is 7.13. The Bertz CT molecular complexity index is 776. The van der Waals surface area contributed by atoms with Crippen LogP contribution in [0.2, 0.25) is 0 Å². The average molecular weight is 392 g/mol. The normalized spacial score (nSPS) is 12.5. The van der Waals surface area contributed by atoms with Gasteiger partial charge >= 0.3 is 5.97 Å². The first kappa shape index (κ1) is 16.6. The van der Waals surface area contributed by atoms with Gasteiger partial charge in [-0.15, -0.1) is 0 Å². The SMILES string of the molecule is CCOc1c(Br)cc(CNc2ccc3c(c2)C(=O)OC3)cc1OC. The maximum Gasteiger partial charge on any atom is 0.338 e. The maximum atomic E-state index is 11.6. The van der Waals surface area contributed by atoms with E-state index < -0.39 is 0 Å². The molecule has 5 nitrogen and oxygen atoms in total. The van der Waals surface area contributed by atoms with Crippen molar-refractivity contribution in [2.24, 2.45) is 0 Å². The minimum Gasteiger partial charge on any atom is -0.493 e. The van der Waals surface area contributed by atoms with Gasteiger partial charge in [-0.1, -0.05) is 6.07 Å². The molecule has 1 heterocycles. The lowest BCUT2D eigenvalue weighted by Crippen LogP contribution is -2.03. The van der Waals surface area contributed by atoms with Crippen LogP contribution in [0.5, 0.6) is 11.5 Å². The zero-order valence-corrected chi connectivity index (χ0v) is 15.1. The van der Waals surface area contributed by atoms with Gasteiger partial charge in [-0.2, -0.15) is 0 Å². The molecule has 0 saturated heterocycles. The number of benzene rings is 2. The highest BCUT2D eigenvalue weighted by Crippen LogP contribution is 2.37. The molecule has 2 aromatic rings. The third kappa shape index (κ3) is 3.33. The van der Waals surface area contributed by atoms with Gasteiger partial charge in [0.05, 0.1) is 23.8 Å². The number of anilines is 1. The molecule has 3 rings (SSSR count). The van der Waals surface area contributed by atoms with Gasteiger partial charge in [0.2, 0.25) is 0 Å². The Morgan fingerprint density at radius 3 is 2.88 bits per heavy atom. The van der Waals surface area contributed by atoms with Gasteiger partial charge in [0.25, 0.3) is 0 Å². The zero-order valence-electron chi connectivity index (χ0n) is 13.5. The molecule has 0 bridgehead atoms. The highest BCUT2D eigenvalue weighted by Gasteiger charge is 2.21. The van der Waals surface area contributed by atoms with Crippen molar-refractivity contribution in [1.82, 2.24) is 0 Å². The average Bonchev–Trinajstić information content (AvgIpc) is 2.96. The van der Waals surface area contributed by atoms with Crippen molar-refractivity contribution >= 4 is 27.6 Å². The van der Waals surface area contributed by atoms with Crippen LogP contribution in [0, 0.1) is 0 Å². The third-order valence-corrected chi connectivity index (χ3v) is 4.35. The lowest BCUT2D eigenvalue weighted by Gasteiger charge is -2.14. The molecule has 1 N–H and O–H groups in total. The van der Waals surface area contributed by atoms with E-state index in [2.05, 4.69) is 21.2 Å². The standard InChI is InChI=1S/C18H18BrNO4/c1-3-23-17-15(19)6-11(7-16(17)22-2)9-20-13-5-4-12-10-24-18(21)14(12)8-13/h4-8,20H,3,9-10H2,1-2H3. The highest BCUT2D eigenvalue weighted by molar-refractivity contribution is 9.10. The Kier molecular flexibility index (Phi) is 4.94. The summed E-state index contributed by atoms with van der Waals surface area (Å²) in [7, 11) is 1.62. The molecule has 0 fully saturated rings. The summed E-state index contributed by atoms with van der Waals surface area (Å²) in [6.07, 6.45) is 0. The van der Waals surface area contributed by atoms with Crippen molar-refractivity contribution in [1.29, 1.82) is 0 Å². The third-order valence-electron chi connectivity index (χ3n) is 3.76. The molecule has 126 valence electrons. The number of carbonyl (C=O) groups excluding carboxylic acids is 1. The summed E-state index contributed by atoms with van der Waals surface area (Å²) in [4.78, 5) is 11.6. The molecule has 0 amide bonds. The number of nitrogens with one attached hydrogen (secondary N) is 1. The first-order chi connectivity index (χ1) is 11.6. The first-order valence-electron chi connectivity index (χ1n) is 7.65. The number of cyclic esters (lactones) is 1. The molecule has 0 aliphatic carbocycles. The Morgan fingerprint density at radius 2 is 2.12 bits per heavy atom. The fourth-order valence-corrected chi connectivity index (χ4v) is 3.19. The fourth-order valence-electron chi connectivity index (χ4n) is 2.59. The minimum absolute atomic E-state index is 0.265. The van der Waals surface area contributed by atoms with Crippen LogP contribution in [0.15, 0.2) is 34.8 Å². The van der Waals surface area contributed by atoms with Crippen LogP contribution in [-0.2, 0) is 17.9 Å². The van der Waals surface area contributed by atoms with Gasteiger partial charge in [-0.05, 0) is 52.7 Å². The predicted octanol–water partition coefficient (Wildman–Crippen LogP) is 4.14. The van der Waals surface area contributed by atoms with Gasteiger partial charge in [0, 0.05) is 17.8 Å². The molecule has 0 saturated carbocycles. The molecule has 6 heteroatoms. The Hall–Kier alpha value is -2.21. The van der Waals surface area contributed by atoms with Gasteiger partial charge < -0.3 is 19.5 Å². The molecule has 0 aromatic heterocycles. The molecule has 0 spiro atoms. The van der Waals surface area contributed by atoms with Gasteiger partial charge in [-0.25, -0.2) is 4.79 Å². The second-order valence-corrected chi connectivity index (χ2v) is 6.20. The monoisotopic (exact) mass is 391 g/mol. The number of hydrogen-bond donors (Lipinski definition) is 1. The molecule has 0 unspecified atom stereocenters. The van der Waals surface area contributed by atoms with E-state index in [9.17, 15) is 4.79 Å². The van der Waals surface area contributed by atoms with E-state index in [0.29, 0.717) is 36.8 Å². The summed E-state index contributed by atoms with van der Waals surface area (Å²) in [5, 5.41) is 3.32. The van der Waals surface area contributed by atoms with E-state index >= 15 is 0 Å². The molecule has 2 aromatic carbocycles. The van der Waals surface area contributed by atoms with E-state index in [4.69, 9.17) is 14.2 Å². The van der Waals surface area contributed by atoms with Crippen LogP contribution in [0.4, 0.5) is 5.69 Å². The summed E-state index contributed by atoms with van der Waals surface area (Å²) in [6.45, 7) is 3.45. The fraction of sp³-hybridized carbons (Fsp3) is 0.278. The number of methoxy groups -OCH3 is 1. The van der Waals surface area contributed by atoms with Crippen molar-refractivity contribution in [2.45, 2.75) is 20.1 Å². The van der Waals surface area contributed by atoms with Crippen molar-refractivity contribution < 1.29 is 19.0 Å². The molecular weight excluding hydrogens is 374 g/mol. The van der Waals surface area contributed by atoms with E-state index in [1.807, 2.05) is 37.3 Å². The topological polar surface area (TPSA) is 56.8 Å². The lowest BCUT2D eigenvalue weighted by atomic mass is 10.1. The zero-order chi connectivity index (χ0) is 17.1. The van der Waals surface area contributed by atoms with E-state index in [-0.39, 0.29) is 5.97 Å².